The highest BCUT2D eigenvalue weighted by atomic mass is 16.2. The predicted molar refractivity (Wildman–Crippen MR) is 92.5 cm³/mol. The lowest BCUT2D eigenvalue weighted by Crippen LogP contribution is -2.57. The Balaban J connectivity index is 1.60. The van der Waals surface area contributed by atoms with Crippen LogP contribution < -0.4 is 11.1 Å². The lowest BCUT2D eigenvalue weighted by Gasteiger charge is -2.46. The summed E-state index contributed by atoms with van der Waals surface area (Å²) in [7, 11) is 2.15. The average Bonchev–Trinajstić information content (AvgIpc) is 2.59. The van der Waals surface area contributed by atoms with Gasteiger partial charge in [0.05, 0.1) is 0 Å². The Bertz CT molecular complexity index is 619. The van der Waals surface area contributed by atoms with Crippen LogP contribution in [0.1, 0.15) is 35.2 Å². The highest BCUT2D eigenvalue weighted by molar-refractivity contribution is 5.92. The number of carbonyl (C=O) groups is 2. The van der Waals surface area contributed by atoms with Gasteiger partial charge in [0, 0.05) is 31.2 Å². The number of carbonyl (C=O) groups excluding carboxylic acids is 2. The number of piperidine rings is 2. The van der Waals surface area contributed by atoms with Crippen LogP contribution >= 0.6 is 0 Å². The number of hydrogen-bond donors (Lipinski definition) is 2. The van der Waals surface area contributed by atoms with Gasteiger partial charge in [-0.1, -0.05) is 12.1 Å². The van der Waals surface area contributed by atoms with E-state index in [0.29, 0.717) is 24.1 Å². The zero-order valence-electron chi connectivity index (χ0n) is 14.2. The van der Waals surface area contributed by atoms with Crippen LogP contribution in [0.5, 0.6) is 0 Å². The number of nitrogens with zero attached hydrogens (tertiary/aromatic N) is 2. The van der Waals surface area contributed by atoms with E-state index in [1.165, 1.54) is 6.42 Å². The minimum atomic E-state index is -0.451. The first kappa shape index (κ1) is 16.8. The van der Waals surface area contributed by atoms with Gasteiger partial charge in [-0.2, -0.15) is 0 Å². The Hall–Kier alpha value is -2.08. The molecule has 130 valence electrons. The molecule has 24 heavy (non-hydrogen) atoms. The van der Waals surface area contributed by atoms with Crippen molar-refractivity contribution in [2.75, 3.05) is 26.7 Å². The summed E-state index contributed by atoms with van der Waals surface area (Å²) in [5, 5.41) is 3.00. The number of nitrogens with one attached hydrogen (secondary N) is 1. The lowest BCUT2D eigenvalue weighted by atomic mass is 9.84. The third-order valence-corrected chi connectivity index (χ3v) is 5.19. The monoisotopic (exact) mass is 330 g/mol. The molecule has 2 saturated heterocycles. The Morgan fingerprint density at radius 3 is 2.92 bits per heavy atom. The number of hydrogen-bond acceptors (Lipinski definition) is 3. The first-order chi connectivity index (χ1) is 11.5. The SMILES string of the molecule is CN1CC[C@@H]2[C@H](CCCN2C(=O)NCc2cccc(C(N)=O)c2)C1. The van der Waals surface area contributed by atoms with Crippen molar-refractivity contribution in [1.29, 1.82) is 0 Å². The minimum Gasteiger partial charge on any atom is -0.366 e. The van der Waals surface area contributed by atoms with Crippen molar-refractivity contribution in [2.24, 2.45) is 11.7 Å². The number of benzene rings is 1. The van der Waals surface area contributed by atoms with Gasteiger partial charge < -0.3 is 20.9 Å². The van der Waals surface area contributed by atoms with Crippen LogP contribution in [0.25, 0.3) is 0 Å². The summed E-state index contributed by atoms with van der Waals surface area (Å²) in [6.45, 7) is 3.37. The number of amides is 3. The number of rotatable bonds is 3. The third kappa shape index (κ3) is 3.70. The molecule has 2 aliphatic rings. The number of nitrogens with two attached hydrogens (primary N) is 1. The van der Waals surface area contributed by atoms with Gasteiger partial charge >= 0.3 is 6.03 Å². The Morgan fingerprint density at radius 1 is 1.29 bits per heavy atom. The lowest BCUT2D eigenvalue weighted by molar-refractivity contribution is 0.0532. The summed E-state index contributed by atoms with van der Waals surface area (Å²) < 4.78 is 0. The van der Waals surface area contributed by atoms with Gasteiger partial charge in [-0.15, -0.1) is 0 Å². The molecule has 2 fully saturated rings. The standard InChI is InChI=1S/C18H26N4O2/c1-21-9-7-16-15(12-21)6-3-8-22(16)18(24)20-11-13-4-2-5-14(10-13)17(19)23/h2,4-5,10,15-16H,3,6-9,11-12H2,1H3,(H2,19,23)(H,20,24)/t15-,16-/m1/s1. The molecular formula is C18H26N4O2. The van der Waals surface area contributed by atoms with Gasteiger partial charge in [-0.25, -0.2) is 4.79 Å². The molecule has 2 heterocycles. The third-order valence-electron chi connectivity index (χ3n) is 5.19. The van der Waals surface area contributed by atoms with Crippen molar-refractivity contribution in [3.8, 4) is 0 Å². The summed E-state index contributed by atoms with van der Waals surface area (Å²) in [6, 6.07) is 7.45. The molecule has 0 saturated carbocycles. The van der Waals surface area contributed by atoms with E-state index in [4.69, 9.17) is 5.73 Å². The second kappa shape index (κ2) is 7.21. The predicted octanol–water partition coefficient (Wildman–Crippen LogP) is 1.41. The molecule has 0 spiro atoms. The molecule has 0 unspecified atom stereocenters. The Morgan fingerprint density at radius 2 is 2.12 bits per heavy atom. The number of primary amides is 1. The van der Waals surface area contributed by atoms with Crippen LogP contribution in [0.15, 0.2) is 24.3 Å². The average molecular weight is 330 g/mol. The molecule has 0 bridgehead atoms. The number of fused-ring (bicyclic) bond motifs is 1. The molecule has 0 aliphatic carbocycles. The molecule has 0 radical (unpaired) electrons. The first-order valence-corrected chi connectivity index (χ1v) is 8.66. The van der Waals surface area contributed by atoms with E-state index in [1.54, 1.807) is 18.2 Å². The van der Waals surface area contributed by atoms with Gasteiger partial charge in [-0.05, 0) is 56.5 Å². The van der Waals surface area contributed by atoms with Gasteiger partial charge in [-0.3, -0.25) is 4.79 Å². The number of likely N-dealkylation sites (tertiary alicyclic amines) is 2. The fourth-order valence-corrected chi connectivity index (χ4v) is 3.95. The summed E-state index contributed by atoms with van der Waals surface area (Å²) >= 11 is 0. The highest BCUT2D eigenvalue weighted by Crippen LogP contribution is 2.30. The summed E-state index contributed by atoms with van der Waals surface area (Å²) in [4.78, 5) is 28.3. The quantitative estimate of drug-likeness (QED) is 0.879. The molecule has 6 nitrogen and oxygen atoms in total. The molecule has 3 amide bonds. The first-order valence-electron chi connectivity index (χ1n) is 8.66. The van der Waals surface area contributed by atoms with Crippen molar-refractivity contribution in [1.82, 2.24) is 15.1 Å². The molecule has 2 atom stereocenters. The van der Waals surface area contributed by atoms with E-state index in [1.807, 2.05) is 11.0 Å². The zero-order chi connectivity index (χ0) is 17.1. The van der Waals surface area contributed by atoms with Gasteiger partial charge in [0.2, 0.25) is 5.91 Å². The van der Waals surface area contributed by atoms with Crippen LogP contribution in [0.4, 0.5) is 4.79 Å². The molecule has 3 rings (SSSR count). The molecule has 0 aromatic heterocycles. The van der Waals surface area contributed by atoms with Gasteiger partial charge in [0.1, 0.15) is 0 Å². The fourth-order valence-electron chi connectivity index (χ4n) is 3.95. The summed E-state index contributed by atoms with van der Waals surface area (Å²) in [5.41, 5.74) is 6.65. The van der Waals surface area contributed by atoms with E-state index < -0.39 is 5.91 Å². The molecule has 1 aromatic carbocycles. The molecule has 6 heteroatoms. The maximum absolute atomic E-state index is 12.6. The van der Waals surface area contributed by atoms with E-state index in [-0.39, 0.29) is 6.03 Å². The van der Waals surface area contributed by atoms with Crippen molar-refractivity contribution >= 4 is 11.9 Å². The smallest absolute Gasteiger partial charge is 0.317 e. The maximum Gasteiger partial charge on any atom is 0.317 e. The number of urea groups is 1. The normalized spacial score (nSPS) is 24.3. The Kier molecular flexibility index (Phi) is 5.04. The van der Waals surface area contributed by atoms with Crippen molar-refractivity contribution in [2.45, 2.75) is 31.8 Å². The molecule has 3 N–H and O–H groups in total. The van der Waals surface area contributed by atoms with E-state index >= 15 is 0 Å². The molecular weight excluding hydrogens is 304 g/mol. The second-order valence-corrected chi connectivity index (χ2v) is 6.94. The molecule has 2 aliphatic heterocycles. The van der Waals surface area contributed by atoms with Crippen LogP contribution in [0.3, 0.4) is 0 Å². The largest absolute Gasteiger partial charge is 0.366 e. The van der Waals surface area contributed by atoms with E-state index in [0.717, 1.165) is 38.0 Å². The second-order valence-electron chi connectivity index (χ2n) is 6.94. The van der Waals surface area contributed by atoms with Crippen LogP contribution in [-0.2, 0) is 6.54 Å². The van der Waals surface area contributed by atoms with E-state index in [9.17, 15) is 9.59 Å². The minimum absolute atomic E-state index is 0.00117. The molecule has 1 aromatic rings. The zero-order valence-corrected chi connectivity index (χ0v) is 14.2. The summed E-state index contributed by atoms with van der Waals surface area (Å²) in [5.74, 6) is 0.134. The van der Waals surface area contributed by atoms with Crippen LogP contribution in [0.2, 0.25) is 0 Å². The van der Waals surface area contributed by atoms with Crippen molar-refractivity contribution in [3.63, 3.8) is 0 Å². The van der Waals surface area contributed by atoms with Crippen molar-refractivity contribution < 1.29 is 9.59 Å². The maximum atomic E-state index is 12.6. The Labute approximate surface area is 143 Å². The summed E-state index contributed by atoms with van der Waals surface area (Å²) in [6.07, 6.45) is 3.32. The van der Waals surface area contributed by atoms with Crippen LogP contribution in [-0.4, -0.2) is 54.5 Å². The topological polar surface area (TPSA) is 78.7 Å². The van der Waals surface area contributed by atoms with Crippen molar-refractivity contribution in [3.05, 3.63) is 35.4 Å². The highest BCUT2D eigenvalue weighted by Gasteiger charge is 2.37. The fraction of sp³-hybridized carbons (Fsp3) is 0.556. The van der Waals surface area contributed by atoms with Crippen LogP contribution in [0, 0.1) is 5.92 Å². The van der Waals surface area contributed by atoms with E-state index in [2.05, 4.69) is 17.3 Å². The van der Waals surface area contributed by atoms with Gasteiger partial charge in [0.25, 0.3) is 0 Å². The van der Waals surface area contributed by atoms with Gasteiger partial charge in [0.15, 0.2) is 0 Å².